The number of hydrogen-bond donors (Lipinski definition) is 2. The van der Waals surface area contributed by atoms with Crippen molar-refractivity contribution in [2.24, 2.45) is 0 Å². The second kappa shape index (κ2) is 7.73. The maximum Gasteiger partial charge on any atom is 0.238 e. The molecule has 3 aliphatic heterocycles. The Hall–Kier alpha value is -1.70. The number of benzene rings is 1. The highest BCUT2D eigenvalue weighted by molar-refractivity contribution is 6.30. The highest BCUT2D eigenvalue weighted by atomic mass is 35.5. The van der Waals surface area contributed by atoms with E-state index in [2.05, 4.69) is 20.4 Å². The molecular formula is C19H26ClFN4O2. The first-order valence-corrected chi connectivity index (χ1v) is 9.52. The zero-order valence-corrected chi connectivity index (χ0v) is 16.6. The number of anilines is 1. The van der Waals surface area contributed by atoms with Crippen molar-refractivity contribution in [2.45, 2.75) is 44.8 Å². The lowest BCUT2D eigenvalue weighted by Gasteiger charge is -2.56. The van der Waals surface area contributed by atoms with Crippen LogP contribution in [0.5, 0.6) is 0 Å². The number of carbonyl (C=O) groups excluding carboxylic acids is 2. The number of hydrogen-bond acceptors (Lipinski definition) is 4. The Labute approximate surface area is 164 Å². The maximum absolute atomic E-state index is 13.4. The summed E-state index contributed by atoms with van der Waals surface area (Å²) in [6.07, 6.45) is 1.06. The molecule has 0 aromatic heterocycles. The van der Waals surface area contributed by atoms with Crippen LogP contribution < -0.4 is 10.6 Å². The molecule has 8 heteroatoms. The van der Waals surface area contributed by atoms with Crippen LogP contribution in [-0.2, 0) is 9.59 Å². The standard InChI is InChI=1S/C19H26ClFN4O2/c1-19(2,3)23-18(27)11-25-15-7-16(25)9-24(8-15)10-17(26)22-14-5-12(20)4-13(21)6-14/h4-6,15-16H,7-11H2,1-3H3,(H,22,26)(H,23,27). The molecule has 1 aromatic carbocycles. The lowest BCUT2D eigenvalue weighted by Crippen LogP contribution is -2.70. The largest absolute Gasteiger partial charge is 0.350 e. The molecule has 2 bridgehead atoms. The van der Waals surface area contributed by atoms with Crippen LogP contribution in [0.2, 0.25) is 5.02 Å². The zero-order chi connectivity index (χ0) is 19.8. The van der Waals surface area contributed by atoms with Gasteiger partial charge in [-0.05, 0) is 45.4 Å². The first-order valence-electron chi connectivity index (χ1n) is 9.14. The van der Waals surface area contributed by atoms with Crippen LogP contribution in [-0.4, -0.2) is 65.4 Å². The summed E-state index contributed by atoms with van der Waals surface area (Å²) in [6.45, 7) is 8.03. The number of fused-ring (bicyclic) bond motifs is 2. The molecule has 3 heterocycles. The summed E-state index contributed by atoms with van der Waals surface area (Å²) in [7, 11) is 0. The summed E-state index contributed by atoms with van der Waals surface area (Å²) in [5, 5.41) is 5.92. The molecule has 148 valence electrons. The molecule has 0 saturated carbocycles. The van der Waals surface area contributed by atoms with Crippen LogP contribution in [0, 0.1) is 5.82 Å². The fraction of sp³-hybridized carbons (Fsp3) is 0.579. The van der Waals surface area contributed by atoms with Gasteiger partial charge in [0, 0.05) is 41.4 Å². The van der Waals surface area contributed by atoms with Crippen molar-refractivity contribution in [1.29, 1.82) is 0 Å². The summed E-state index contributed by atoms with van der Waals surface area (Å²) in [5.74, 6) is -0.650. The maximum atomic E-state index is 13.4. The Morgan fingerprint density at radius 3 is 2.41 bits per heavy atom. The first-order chi connectivity index (χ1) is 12.6. The van der Waals surface area contributed by atoms with E-state index in [-0.39, 0.29) is 28.9 Å². The van der Waals surface area contributed by atoms with Crippen molar-refractivity contribution in [2.75, 3.05) is 31.5 Å². The van der Waals surface area contributed by atoms with Crippen molar-refractivity contribution >= 4 is 29.1 Å². The van der Waals surface area contributed by atoms with Crippen molar-refractivity contribution in [3.8, 4) is 0 Å². The number of nitrogens with one attached hydrogen (secondary N) is 2. The monoisotopic (exact) mass is 396 g/mol. The molecule has 6 nitrogen and oxygen atoms in total. The van der Waals surface area contributed by atoms with Gasteiger partial charge in [-0.15, -0.1) is 0 Å². The highest BCUT2D eigenvalue weighted by Crippen LogP contribution is 2.31. The van der Waals surface area contributed by atoms with Crippen LogP contribution in [0.1, 0.15) is 27.2 Å². The Morgan fingerprint density at radius 1 is 1.15 bits per heavy atom. The fourth-order valence-electron chi connectivity index (χ4n) is 3.81. The van der Waals surface area contributed by atoms with Crippen molar-refractivity contribution in [3.05, 3.63) is 29.0 Å². The molecule has 3 saturated heterocycles. The van der Waals surface area contributed by atoms with Crippen LogP contribution >= 0.6 is 11.6 Å². The Kier molecular flexibility index (Phi) is 5.74. The van der Waals surface area contributed by atoms with E-state index in [0.29, 0.717) is 24.3 Å². The van der Waals surface area contributed by atoms with E-state index in [0.717, 1.165) is 19.5 Å². The summed E-state index contributed by atoms with van der Waals surface area (Å²) in [4.78, 5) is 28.7. The number of piperazine rings is 1. The molecule has 27 heavy (non-hydrogen) atoms. The number of piperidine rings is 1. The van der Waals surface area contributed by atoms with Gasteiger partial charge in [0.1, 0.15) is 5.82 Å². The van der Waals surface area contributed by atoms with Crippen molar-refractivity contribution in [1.82, 2.24) is 15.1 Å². The van der Waals surface area contributed by atoms with E-state index >= 15 is 0 Å². The Balaban J connectivity index is 1.47. The van der Waals surface area contributed by atoms with E-state index in [1.165, 1.54) is 18.2 Å². The van der Waals surface area contributed by atoms with Gasteiger partial charge in [0.05, 0.1) is 13.1 Å². The third-order valence-electron chi connectivity index (χ3n) is 4.77. The summed E-state index contributed by atoms with van der Waals surface area (Å²) in [6, 6.07) is 4.55. The van der Waals surface area contributed by atoms with E-state index in [4.69, 9.17) is 11.6 Å². The molecule has 2 N–H and O–H groups in total. The zero-order valence-electron chi connectivity index (χ0n) is 15.9. The van der Waals surface area contributed by atoms with Crippen molar-refractivity contribution in [3.63, 3.8) is 0 Å². The van der Waals surface area contributed by atoms with E-state index in [9.17, 15) is 14.0 Å². The van der Waals surface area contributed by atoms with Crippen LogP contribution in [0.4, 0.5) is 10.1 Å². The average molecular weight is 397 g/mol. The van der Waals surface area contributed by atoms with Crippen LogP contribution in [0.25, 0.3) is 0 Å². The number of rotatable bonds is 5. The Bertz CT molecular complexity index is 705. The second-order valence-electron chi connectivity index (χ2n) is 8.41. The summed E-state index contributed by atoms with van der Waals surface area (Å²) in [5.41, 5.74) is 0.119. The normalized spacial score (nSPS) is 22.9. The molecule has 3 aliphatic rings. The van der Waals surface area contributed by atoms with Gasteiger partial charge in [0.15, 0.2) is 0 Å². The lowest BCUT2D eigenvalue weighted by molar-refractivity contribution is -0.134. The van der Waals surface area contributed by atoms with Gasteiger partial charge < -0.3 is 10.6 Å². The quantitative estimate of drug-likeness (QED) is 0.800. The third kappa shape index (κ3) is 5.40. The first kappa shape index (κ1) is 20.0. The molecule has 2 unspecified atom stereocenters. The van der Waals surface area contributed by atoms with Gasteiger partial charge in [-0.2, -0.15) is 0 Å². The topological polar surface area (TPSA) is 64.7 Å². The number of amides is 2. The molecule has 3 fully saturated rings. The van der Waals surface area contributed by atoms with Crippen molar-refractivity contribution < 1.29 is 14.0 Å². The van der Waals surface area contributed by atoms with Gasteiger partial charge in [0.25, 0.3) is 0 Å². The van der Waals surface area contributed by atoms with E-state index < -0.39 is 5.82 Å². The Morgan fingerprint density at radius 2 is 1.81 bits per heavy atom. The van der Waals surface area contributed by atoms with Gasteiger partial charge >= 0.3 is 0 Å². The predicted octanol–water partition coefficient (Wildman–Crippen LogP) is 2.09. The number of nitrogens with zero attached hydrogens (tertiary/aromatic N) is 2. The predicted molar refractivity (Wildman–Crippen MR) is 103 cm³/mol. The molecule has 2 amide bonds. The molecule has 4 rings (SSSR count). The minimum absolute atomic E-state index is 0.0337. The summed E-state index contributed by atoms with van der Waals surface area (Å²) >= 11 is 5.81. The molecular weight excluding hydrogens is 371 g/mol. The highest BCUT2D eigenvalue weighted by Gasteiger charge is 2.45. The minimum atomic E-state index is -0.485. The lowest BCUT2D eigenvalue weighted by atomic mass is 9.87. The molecule has 0 radical (unpaired) electrons. The fourth-order valence-corrected chi connectivity index (χ4v) is 4.04. The van der Waals surface area contributed by atoms with Gasteiger partial charge in [-0.1, -0.05) is 11.6 Å². The average Bonchev–Trinajstić information content (AvgIpc) is 2.49. The van der Waals surface area contributed by atoms with Gasteiger partial charge in [-0.3, -0.25) is 19.4 Å². The molecule has 1 aromatic rings. The summed E-state index contributed by atoms with van der Waals surface area (Å²) < 4.78 is 13.4. The minimum Gasteiger partial charge on any atom is -0.350 e. The van der Waals surface area contributed by atoms with E-state index in [1.54, 1.807) is 0 Å². The van der Waals surface area contributed by atoms with Gasteiger partial charge in [0.2, 0.25) is 11.8 Å². The third-order valence-corrected chi connectivity index (χ3v) is 4.99. The van der Waals surface area contributed by atoms with E-state index in [1.807, 2.05) is 20.8 Å². The molecule has 0 spiro atoms. The van der Waals surface area contributed by atoms with Gasteiger partial charge in [-0.25, -0.2) is 4.39 Å². The smallest absolute Gasteiger partial charge is 0.238 e. The van der Waals surface area contributed by atoms with Crippen LogP contribution in [0.15, 0.2) is 18.2 Å². The number of carbonyl (C=O) groups is 2. The number of halogens is 2. The SMILES string of the molecule is CC(C)(C)NC(=O)CN1C2CC1CN(CC(=O)Nc1cc(F)cc(Cl)c1)C2. The molecule has 0 aliphatic carbocycles. The molecule has 2 atom stereocenters. The second-order valence-corrected chi connectivity index (χ2v) is 8.85. The van der Waals surface area contributed by atoms with Crippen LogP contribution in [0.3, 0.4) is 0 Å².